The maximum atomic E-state index is 12.8. The van der Waals surface area contributed by atoms with Crippen LogP contribution in [-0.4, -0.2) is 166 Å². The molecule has 0 unspecified atom stereocenters. The van der Waals surface area contributed by atoms with Gasteiger partial charge in [0.2, 0.25) is 0 Å². The van der Waals surface area contributed by atoms with E-state index in [-0.39, 0.29) is 22.2 Å². The van der Waals surface area contributed by atoms with Crippen molar-refractivity contribution in [1.82, 2.24) is 83.5 Å². The lowest BCUT2D eigenvalue weighted by Crippen LogP contribution is -2.49. The van der Waals surface area contributed by atoms with Crippen molar-refractivity contribution in [2.75, 3.05) is 111 Å². The molecule has 12 aromatic heterocycles. The third-order valence-electron chi connectivity index (χ3n) is 20.3. The summed E-state index contributed by atoms with van der Waals surface area (Å²) in [6.07, 6.45) is 9.54. The van der Waals surface area contributed by atoms with Gasteiger partial charge in [-0.1, -0.05) is 24.3 Å². The smallest absolute Gasteiger partial charge is 0.258 e. The second-order valence-corrected chi connectivity index (χ2v) is 30.7. The molecule has 16 aromatic rings. The molecule has 0 radical (unpaired) electrons. The number of benzene rings is 4. The van der Waals surface area contributed by atoms with Crippen molar-refractivity contribution in [2.45, 2.75) is 46.7 Å². The molecule has 4 aliphatic heterocycles. The number of piperazine rings is 4. The summed E-state index contributed by atoms with van der Waals surface area (Å²) in [7, 11) is 1.90. The monoisotopic (exact) mass is 1500 g/mol. The lowest BCUT2D eigenvalue weighted by Gasteiger charge is -2.33. The van der Waals surface area contributed by atoms with Crippen LogP contribution in [0.1, 0.15) is 29.8 Å². The predicted octanol–water partition coefficient (Wildman–Crippen LogP) is 10.0. The molecule has 4 saturated heterocycles. The number of thiazole rings is 2. The van der Waals surface area contributed by atoms with Crippen molar-refractivity contribution in [2.24, 2.45) is 7.05 Å². The van der Waals surface area contributed by atoms with Crippen LogP contribution < -0.4 is 63.1 Å². The minimum absolute atomic E-state index is 0.0680. The maximum absolute atomic E-state index is 12.8. The zero-order valence-corrected chi connectivity index (χ0v) is 63.4. The predicted molar refractivity (Wildman–Crippen MR) is 440 cm³/mol. The minimum Gasteiger partial charge on any atom is -0.441 e. The average Bonchev–Trinajstić information content (AvgIpc) is 1.48. The highest BCUT2D eigenvalue weighted by molar-refractivity contribution is 7.18. The van der Waals surface area contributed by atoms with Crippen molar-refractivity contribution in [3.63, 3.8) is 0 Å². The highest BCUT2D eigenvalue weighted by atomic mass is 32.1. The van der Waals surface area contributed by atoms with Gasteiger partial charge >= 0.3 is 0 Å². The number of fused-ring (bicyclic) bond motifs is 8. The fourth-order valence-corrected chi connectivity index (χ4v) is 16.4. The van der Waals surface area contributed by atoms with Crippen molar-refractivity contribution in [3.8, 4) is 45.0 Å². The molecular weight excluding hydrogens is 1420 g/mol. The molecule has 28 heteroatoms. The zero-order valence-electron chi connectivity index (χ0n) is 61.8. The van der Waals surface area contributed by atoms with Crippen LogP contribution in [0.4, 0.5) is 22.7 Å². The summed E-state index contributed by atoms with van der Waals surface area (Å²) in [5, 5.41) is 21.1. The molecule has 4 N–H and O–H groups in total. The lowest BCUT2D eigenvalue weighted by molar-refractivity contribution is 0.484. The first-order chi connectivity index (χ1) is 53.5. The number of aromatic nitrogens is 13. The quantitative estimate of drug-likeness (QED) is 0.110. The van der Waals surface area contributed by atoms with Gasteiger partial charge in [0.25, 0.3) is 22.2 Å². The Bertz CT molecular complexity index is 6060. The number of hydrogen-bond acceptors (Lipinski definition) is 23. The number of oxazole rings is 1. The number of nitrogens with zero attached hydrogens (tertiary/aromatic N) is 17. The van der Waals surface area contributed by atoms with E-state index in [1.165, 1.54) is 0 Å². The van der Waals surface area contributed by atoms with E-state index in [9.17, 15) is 19.2 Å². The fourth-order valence-electron chi connectivity index (χ4n) is 14.8. The summed E-state index contributed by atoms with van der Waals surface area (Å²) in [6.45, 7) is 23.4. The summed E-state index contributed by atoms with van der Waals surface area (Å²) >= 11 is 3.34. The van der Waals surface area contributed by atoms with E-state index in [1.807, 2.05) is 174 Å². The Hall–Kier alpha value is -11.9. The van der Waals surface area contributed by atoms with Gasteiger partial charge in [0, 0.05) is 201 Å². The van der Waals surface area contributed by atoms with Gasteiger partial charge < -0.3 is 45.3 Å². The largest absolute Gasteiger partial charge is 0.441 e. The maximum Gasteiger partial charge on any atom is 0.258 e. The number of pyridine rings is 4. The van der Waals surface area contributed by atoms with Gasteiger partial charge in [0.05, 0.1) is 81.5 Å². The van der Waals surface area contributed by atoms with Gasteiger partial charge in [-0.3, -0.25) is 41.5 Å². The van der Waals surface area contributed by atoms with Gasteiger partial charge in [-0.25, -0.2) is 34.9 Å². The SMILES string of the molecule is Cc1nc2cc(-c3cc(=O)n4cc(N5CCNCC5)ccc4n3)ccc2s1.Cc1nc2cc(-c3cc(=O)n4cc(N5CCN[C@@H](C)C5)ccc4n3)ccc2s1.Cc1nc2ccc(-c3cc(=O)n4cc(N5CCN[C@@H](C)C5)ccc4n3)cc2o1.Cn1cc2cc(-c3cc(=O)n4cc(N5CCNCC5)ccc4n3)ccc2n1. The van der Waals surface area contributed by atoms with Crippen LogP contribution in [0.2, 0.25) is 0 Å². The van der Waals surface area contributed by atoms with E-state index in [0.29, 0.717) is 68.9 Å². The molecular formula is C82H81N21O5S2. The van der Waals surface area contributed by atoms with E-state index in [0.717, 1.165) is 183 Å². The highest BCUT2D eigenvalue weighted by Gasteiger charge is 2.22. The molecule has 0 spiro atoms. The Labute approximate surface area is 638 Å². The first-order valence-corrected chi connectivity index (χ1v) is 38.7. The topological polar surface area (TPSA) is 268 Å². The van der Waals surface area contributed by atoms with Gasteiger partial charge in [0.15, 0.2) is 11.5 Å². The van der Waals surface area contributed by atoms with Crippen LogP contribution >= 0.6 is 22.7 Å². The van der Waals surface area contributed by atoms with Gasteiger partial charge in [-0.2, -0.15) is 5.10 Å². The molecule has 110 heavy (non-hydrogen) atoms. The molecule has 4 aromatic carbocycles. The summed E-state index contributed by atoms with van der Waals surface area (Å²) < 4.78 is 16.2. The molecule has 0 bridgehead atoms. The minimum atomic E-state index is -0.0983. The van der Waals surface area contributed by atoms with Crippen molar-refractivity contribution in [3.05, 3.63) is 234 Å². The molecule has 2 atom stereocenters. The number of nitrogens with one attached hydrogen (secondary N) is 4. The molecule has 0 aliphatic carbocycles. The molecule has 0 amide bonds. The van der Waals surface area contributed by atoms with Crippen LogP contribution in [0, 0.1) is 20.8 Å². The standard InChI is InChI=1S/C21H21N5O2.C21H21N5OS.C20H20N6O.C20H19N5OS/c1-13-11-25(8-7-22-13)16-4-6-20-24-18(10-21(27)26(20)12-16)15-3-5-17-19(9-15)28-14(2)23-17;1-13-11-25(8-7-22-13)16-4-6-20-24-17(10-21(27)26(20)12-16)15-3-5-19-18(9-15)23-14(2)28-19;1-24-12-15-10-14(2-4-17(15)23-24)18-11-20(27)26-13-16(3-5-19(26)22-18)25-8-6-21-7-9-25;1-13-22-17-10-14(2-4-18(17)27-13)16-11-20(26)25-12-15(3-5-19(25)23-16)24-8-6-21-7-9-24/h2*3-6,9-10,12-13,22H,7-8,11H2,1-2H3;2-5,10-13,21H,6-9H2,1H3;2-5,10-12,21H,6-9H2,1H3/t2*13-;;/m00../s1. The summed E-state index contributed by atoms with van der Waals surface area (Å²) in [6, 6.07) is 46.9. The second-order valence-electron chi connectivity index (χ2n) is 28.3. The van der Waals surface area contributed by atoms with E-state index in [4.69, 9.17) is 24.4 Å². The van der Waals surface area contributed by atoms with E-state index in [1.54, 1.807) is 69.2 Å². The highest BCUT2D eigenvalue weighted by Crippen LogP contribution is 2.31. The molecule has 0 saturated carbocycles. The Kier molecular flexibility index (Phi) is 19.5. The fraction of sp³-hybridized carbons (Fsp3) is 0.268. The second kappa shape index (κ2) is 30.3. The average molecular weight is 1500 g/mol. The van der Waals surface area contributed by atoms with Crippen molar-refractivity contribution < 1.29 is 4.42 Å². The zero-order chi connectivity index (χ0) is 75.3. The van der Waals surface area contributed by atoms with Crippen molar-refractivity contribution in [1.29, 1.82) is 0 Å². The van der Waals surface area contributed by atoms with Gasteiger partial charge in [-0.15, -0.1) is 22.7 Å². The van der Waals surface area contributed by atoms with Crippen LogP contribution in [0.5, 0.6) is 0 Å². The number of aryl methyl sites for hydroxylation is 4. The normalized spacial score (nSPS) is 16.2. The molecule has 4 aliphatic rings. The lowest BCUT2D eigenvalue weighted by atomic mass is 10.1. The third kappa shape index (κ3) is 15.1. The van der Waals surface area contributed by atoms with E-state index < -0.39 is 0 Å². The van der Waals surface area contributed by atoms with Crippen LogP contribution in [-0.2, 0) is 7.05 Å². The Balaban J connectivity index is 0.000000107. The molecule has 4 fully saturated rings. The van der Waals surface area contributed by atoms with Crippen LogP contribution in [0.15, 0.2) is 200 Å². The molecule has 20 rings (SSSR count). The summed E-state index contributed by atoms with van der Waals surface area (Å²) in [5.41, 5.74) is 17.1. The molecule has 26 nitrogen and oxygen atoms in total. The Morgan fingerprint density at radius 1 is 0.382 bits per heavy atom. The Morgan fingerprint density at radius 2 is 0.755 bits per heavy atom. The van der Waals surface area contributed by atoms with Crippen LogP contribution in [0.25, 0.3) is 110 Å². The Morgan fingerprint density at radius 3 is 1.17 bits per heavy atom. The third-order valence-corrected chi connectivity index (χ3v) is 22.2. The molecule has 16 heterocycles. The first-order valence-electron chi connectivity index (χ1n) is 37.1. The summed E-state index contributed by atoms with van der Waals surface area (Å²) in [5.74, 6) is 0.619. The van der Waals surface area contributed by atoms with E-state index >= 15 is 0 Å². The van der Waals surface area contributed by atoms with Crippen LogP contribution in [0.3, 0.4) is 0 Å². The van der Waals surface area contributed by atoms with E-state index in [2.05, 4.69) is 80.8 Å². The van der Waals surface area contributed by atoms with Crippen molar-refractivity contribution >= 4 is 110 Å². The first kappa shape index (κ1) is 71.0. The number of hydrogen-bond donors (Lipinski definition) is 4. The molecule has 556 valence electrons. The number of rotatable bonds is 8. The summed E-state index contributed by atoms with van der Waals surface area (Å²) in [4.78, 5) is 92.5. The van der Waals surface area contributed by atoms with Gasteiger partial charge in [0.1, 0.15) is 28.1 Å². The number of anilines is 4. The van der Waals surface area contributed by atoms with Gasteiger partial charge in [-0.05, 0) is 125 Å².